The van der Waals surface area contributed by atoms with Crippen LogP contribution in [0.5, 0.6) is 0 Å². The van der Waals surface area contributed by atoms with Gasteiger partial charge in [0.25, 0.3) is 0 Å². The van der Waals surface area contributed by atoms with E-state index in [1.54, 1.807) is 24.3 Å². The van der Waals surface area contributed by atoms with Gasteiger partial charge in [-0.05, 0) is 37.1 Å². The van der Waals surface area contributed by atoms with Crippen molar-refractivity contribution in [1.29, 1.82) is 0 Å². The number of nitrogens with two attached hydrogens (primary N) is 1. The van der Waals surface area contributed by atoms with Gasteiger partial charge < -0.3 is 26.6 Å². The van der Waals surface area contributed by atoms with Crippen molar-refractivity contribution in [2.75, 3.05) is 39.7 Å². The fourth-order valence-corrected chi connectivity index (χ4v) is 3.74. The van der Waals surface area contributed by atoms with Gasteiger partial charge in [-0.2, -0.15) is 9.97 Å². The van der Waals surface area contributed by atoms with E-state index in [1.807, 2.05) is 4.90 Å². The maximum atomic E-state index is 12.9. The Balaban J connectivity index is 1.56. The fraction of sp³-hybridized carbons (Fsp3) is 0.350. The van der Waals surface area contributed by atoms with Crippen LogP contribution in [0.4, 0.5) is 29.0 Å². The number of nitrogens with one attached hydrogen (secondary N) is 3. The van der Waals surface area contributed by atoms with Gasteiger partial charge in [0, 0.05) is 37.8 Å². The number of nitrogens with zero attached hydrogens (tertiary/aromatic N) is 3. The number of anilines is 5. The number of fused-ring (bicyclic) bond motifs is 1. The normalized spacial score (nSPS) is 17.8. The standard InChI is InChI=1S/C20H23N7O3/c1-11(28)22-12-4-6-13(7-5-12)23-19(30)14-10-15(29)24-18-16(14)17(21)25-20(26-18)27-8-2-3-9-27/h4-7,14H,2-3,8-10H2,1H3,(H,22,28)(H,23,30)(H3,21,24,25,26,29). The minimum Gasteiger partial charge on any atom is -0.383 e. The molecule has 1 saturated heterocycles. The van der Waals surface area contributed by atoms with Crippen molar-refractivity contribution in [2.45, 2.75) is 32.1 Å². The largest absolute Gasteiger partial charge is 0.383 e. The lowest BCUT2D eigenvalue weighted by atomic mass is 9.92. The molecule has 1 atom stereocenters. The third-order valence-corrected chi connectivity index (χ3v) is 5.14. The lowest BCUT2D eigenvalue weighted by Gasteiger charge is -2.26. The summed E-state index contributed by atoms with van der Waals surface area (Å²) in [7, 11) is 0. The zero-order valence-corrected chi connectivity index (χ0v) is 16.6. The number of rotatable bonds is 4. The topological polar surface area (TPSA) is 142 Å². The average molecular weight is 409 g/mol. The number of nitrogen functional groups attached to an aromatic ring is 1. The van der Waals surface area contributed by atoms with Crippen molar-refractivity contribution in [3.63, 3.8) is 0 Å². The van der Waals surface area contributed by atoms with Crippen molar-refractivity contribution in [3.8, 4) is 0 Å². The second-order valence-corrected chi connectivity index (χ2v) is 7.42. The number of hydrogen-bond donors (Lipinski definition) is 4. The van der Waals surface area contributed by atoms with Crippen LogP contribution in [0.25, 0.3) is 0 Å². The van der Waals surface area contributed by atoms with Crippen LogP contribution in [0.3, 0.4) is 0 Å². The SMILES string of the molecule is CC(=O)Nc1ccc(NC(=O)C2CC(=O)Nc3nc(N4CCCC4)nc(N)c32)cc1. The first kappa shape index (κ1) is 19.6. The highest BCUT2D eigenvalue weighted by Crippen LogP contribution is 2.37. The Morgan fingerprint density at radius 3 is 2.37 bits per heavy atom. The van der Waals surface area contributed by atoms with E-state index in [0.29, 0.717) is 28.7 Å². The smallest absolute Gasteiger partial charge is 0.232 e. The number of benzene rings is 1. The molecule has 156 valence electrons. The maximum absolute atomic E-state index is 12.9. The highest BCUT2D eigenvalue weighted by Gasteiger charge is 2.35. The van der Waals surface area contributed by atoms with Gasteiger partial charge in [0.1, 0.15) is 11.6 Å². The number of amides is 3. The molecular weight excluding hydrogens is 386 g/mol. The molecule has 4 rings (SSSR count). The van der Waals surface area contributed by atoms with Gasteiger partial charge in [0.15, 0.2) is 0 Å². The van der Waals surface area contributed by atoms with E-state index >= 15 is 0 Å². The average Bonchev–Trinajstić information content (AvgIpc) is 3.23. The predicted molar refractivity (Wildman–Crippen MR) is 113 cm³/mol. The van der Waals surface area contributed by atoms with Crippen LogP contribution in [-0.2, 0) is 14.4 Å². The summed E-state index contributed by atoms with van der Waals surface area (Å²) >= 11 is 0. The molecule has 0 spiro atoms. The molecule has 0 saturated carbocycles. The molecule has 0 bridgehead atoms. The molecule has 3 amide bonds. The van der Waals surface area contributed by atoms with Crippen LogP contribution < -0.4 is 26.6 Å². The van der Waals surface area contributed by atoms with Gasteiger partial charge in [-0.15, -0.1) is 0 Å². The van der Waals surface area contributed by atoms with E-state index in [0.717, 1.165) is 25.9 Å². The maximum Gasteiger partial charge on any atom is 0.232 e. The second kappa shape index (κ2) is 7.97. The highest BCUT2D eigenvalue weighted by molar-refractivity contribution is 6.05. The van der Waals surface area contributed by atoms with Crippen molar-refractivity contribution in [1.82, 2.24) is 9.97 Å². The van der Waals surface area contributed by atoms with E-state index in [9.17, 15) is 14.4 Å². The molecule has 1 fully saturated rings. The molecule has 0 aliphatic carbocycles. The van der Waals surface area contributed by atoms with Crippen LogP contribution >= 0.6 is 0 Å². The summed E-state index contributed by atoms with van der Waals surface area (Å²) in [6.45, 7) is 3.10. The van der Waals surface area contributed by atoms with E-state index < -0.39 is 5.92 Å². The van der Waals surface area contributed by atoms with Crippen LogP contribution in [-0.4, -0.2) is 40.8 Å². The van der Waals surface area contributed by atoms with Gasteiger partial charge in [-0.1, -0.05) is 0 Å². The van der Waals surface area contributed by atoms with E-state index in [4.69, 9.17) is 5.73 Å². The second-order valence-electron chi connectivity index (χ2n) is 7.42. The Morgan fingerprint density at radius 2 is 1.73 bits per heavy atom. The van der Waals surface area contributed by atoms with Crippen LogP contribution in [0.1, 0.15) is 37.7 Å². The van der Waals surface area contributed by atoms with Crippen molar-refractivity contribution in [2.24, 2.45) is 0 Å². The molecule has 1 unspecified atom stereocenters. The van der Waals surface area contributed by atoms with Gasteiger partial charge >= 0.3 is 0 Å². The molecule has 30 heavy (non-hydrogen) atoms. The van der Waals surface area contributed by atoms with Crippen LogP contribution in [0, 0.1) is 0 Å². The third-order valence-electron chi connectivity index (χ3n) is 5.14. The summed E-state index contributed by atoms with van der Waals surface area (Å²) < 4.78 is 0. The summed E-state index contributed by atoms with van der Waals surface area (Å²) in [5.74, 6) is -0.683. The van der Waals surface area contributed by atoms with Gasteiger partial charge in [-0.25, -0.2) is 0 Å². The molecule has 3 heterocycles. The Bertz CT molecular complexity index is 1000. The Labute approximate surface area is 173 Å². The minimum absolute atomic E-state index is 0.0422. The number of carbonyl (C=O) groups is 3. The zero-order chi connectivity index (χ0) is 21.3. The molecule has 10 nitrogen and oxygen atoms in total. The lowest BCUT2D eigenvalue weighted by molar-refractivity contribution is -0.123. The Kier molecular flexibility index (Phi) is 5.21. The fourth-order valence-electron chi connectivity index (χ4n) is 3.74. The van der Waals surface area contributed by atoms with Gasteiger partial charge in [0.05, 0.1) is 11.5 Å². The van der Waals surface area contributed by atoms with E-state index in [1.165, 1.54) is 6.92 Å². The molecule has 5 N–H and O–H groups in total. The summed E-state index contributed by atoms with van der Waals surface area (Å²) in [5, 5.41) is 8.18. The first-order valence-electron chi connectivity index (χ1n) is 9.81. The minimum atomic E-state index is -0.795. The highest BCUT2D eigenvalue weighted by atomic mass is 16.2. The Hall–Kier alpha value is -3.69. The Morgan fingerprint density at radius 1 is 1.10 bits per heavy atom. The number of aromatic nitrogens is 2. The number of carbonyl (C=O) groups excluding carboxylic acids is 3. The number of hydrogen-bond acceptors (Lipinski definition) is 7. The van der Waals surface area contributed by atoms with Crippen LogP contribution in [0.2, 0.25) is 0 Å². The molecule has 2 aromatic rings. The first-order chi connectivity index (χ1) is 14.4. The summed E-state index contributed by atoms with van der Waals surface area (Å²) in [5.41, 5.74) is 7.79. The van der Waals surface area contributed by atoms with Gasteiger partial charge in [-0.3, -0.25) is 14.4 Å². The molecular formula is C20H23N7O3. The van der Waals surface area contributed by atoms with E-state index in [2.05, 4.69) is 25.9 Å². The van der Waals surface area contributed by atoms with Crippen molar-refractivity contribution >= 4 is 46.7 Å². The summed E-state index contributed by atoms with van der Waals surface area (Å²) in [6, 6.07) is 6.70. The van der Waals surface area contributed by atoms with Crippen molar-refractivity contribution < 1.29 is 14.4 Å². The monoisotopic (exact) mass is 409 g/mol. The molecule has 0 radical (unpaired) electrons. The molecule has 2 aliphatic rings. The molecule has 1 aromatic heterocycles. The summed E-state index contributed by atoms with van der Waals surface area (Å²) in [4.78, 5) is 47.2. The first-order valence-corrected chi connectivity index (χ1v) is 9.81. The quantitative estimate of drug-likeness (QED) is 0.602. The predicted octanol–water partition coefficient (Wildman–Crippen LogP) is 1.68. The molecule has 1 aromatic carbocycles. The van der Waals surface area contributed by atoms with Crippen LogP contribution in [0.15, 0.2) is 24.3 Å². The third kappa shape index (κ3) is 4.02. The molecule has 10 heteroatoms. The molecule has 2 aliphatic heterocycles. The summed E-state index contributed by atoms with van der Waals surface area (Å²) in [6.07, 6.45) is 2.07. The zero-order valence-electron chi connectivity index (χ0n) is 16.6. The van der Waals surface area contributed by atoms with E-state index in [-0.39, 0.29) is 30.0 Å². The van der Waals surface area contributed by atoms with Gasteiger partial charge in [0.2, 0.25) is 23.7 Å². The lowest BCUT2D eigenvalue weighted by Crippen LogP contribution is -2.33. The van der Waals surface area contributed by atoms with Crippen molar-refractivity contribution in [3.05, 3.63) is 29.8 Å².